The minimum atomic E-state index is -1.12. The first kappa shape index (κ1) is 26.2. The molecule has 6 heteroatoms. The third kappa shape index (κ3) is 7.47. The SMILES string of the molecule is Cc1cc(C)c(C)c(C(=O)C=CC(=O)O)c1C.Cc1ccc(C)c(C(=O)C=CC(=O)O)c1. The molecule has 0 heterocycles. The van der Waals surface area contributed by atoms with E-state index in [1.165, 1.54) is 0 Å². The molecule has 32 heavy (non-hydrogen) atoms. The fraction of sp³-hybridized carbons (Fsp3) is 0.231. The molecule has 0 radical (unpaired) electrons. The summed E-state index contributed by atoms with van der Waals surface area (Å²) in [5.41, 5.74) is 6.89. The second-order valence-electron chi connectivity index (χ2n) is 7.53. The minimum Gasteiger partial charge on any atom is -0.478 e. The Kier molecular flexibility index (Phi) is 9.47. The molecule has 6 nitrogen and oxygen atoms in total. The highest BCUT2D eigenvalue weighted by atomic mass is 16.4. The summed E-state index contributed by atoms with van der Waals surface area (Å²) in [4.78, 5) is 44.2. The van der Waals surface area contributed by atoms with Gasteiger partial charge in [0, 0.05) is 23.3 Å². The Hall–Kier alpha value is -3.80. The molecule has 0 saturated heterocycles. The zero-order valence-electron chi connectivity index (χ0n) is 19.1. The zero-order valence-corrected chi connectivity index (χ0v) is 19.1. The molecular formula is C26H28O6. The van der Waals surface area contributed by atoms with Gasteiger partial charge in [0.15, 0.2) is 11.6 Å². The Morgan fingerprint density at radius 2 is 1.09 bits per heavy atom. The molecule has 0 bridgehead atoms. The summed E-state index contributed by atoms with van der Waals surface area (Å²) < 4.78 is 0. The summed E-state index contributed by atoms with van der Waals surface area (Å²) in [6.07, 6.45) is 3.91. The van der Waals surface area contributed by atoms with Gasteiger partial charge >= 0.3 is 11.9 Å². The largest absolute Gasteiger partial charge is 0.478 e. The number of carboxylic acids is 2. The van der Waals surface area contributed by atoms with Crippen LogP contribution in [0.15, 0.2) is 48.6 Å². The molecule has 168 valence electrons. The predicted molar refractivity (Wildman–Crippen MR) is 124 cm³/mol. The van der Waals surface area contributed by atoms with Gasteiger partial charge in [0.1, 0.15) is 0 Å². The number of carbonyl (C=O) groups excluding carboxylic acids is 2. The van der Waals surface area contributed by atoms with Crippen molar-refractivity contribution in [3.8, 4) is 0 Å². The van der Waals surface area contributed by atoms with Crippen LogP contribution >= 0.6 is 0 Å². The van der Waals surface area contributed by atoms with Gasteiger partial charge in [-0.2, -0.15) is 0 Å². The molecule has 2 aromatic carbocycles. The van der Waals surface area contributed by atoms with E-state index in [9.17, 15) is 19.2 Å². The predicted octanol–water partition coefficient (Wildman–Crippen LogP) is 4.87. The third-order valence-corrected chi connectivity index (χ3v) is 5.03. The molecule has 2 N–H and O–H groups in total. The van der Waals surface area contributed by atoms with E-state index in [1.54, 1.807) is 6.07 Å². The third-order valence-electron chi connectivity index (χ3n) is 5.03. The van der Waals surface area contributed by atoms with Gasteiger partial charge in [-0.1, -0.05) is 23.8 Å². The van der Waals surface area contributed by atoms with Crippen molar-refractivity contribution in [3.05, 3.63) is 93.1 Å². The van der Waals surface area contributed by atoms with E-state index >= 15 is 0 Å². The number of hydrogen-bond donors (Lipinski definition) is 2. The summed E-state index contributed by atoms with van der Waals surface area (Å²) in [5.74, 6) is -2.76. The summed E-state index contributed by atoms with van der Waals surface area (Å²) >= 11 is 0. The molecule has 0 aromatic heterocycles. The van der Waals surface area contributed by atoms with Crippen molar-refractivity contribution in [2.75, 3.05) is 0 Å². The lowest BCUT2D eigenvalue weighted by molar-refractivity contribution is -0.132. The normalized spacial score (nSPS) is 10.7. The number of allylic oxidation sites excluding steroid dienone is 2. The number of rotatable bonds is 6. The van der Waals surface area contributed by atoms with Crippen LogP contribution in [0.25, 0.3) is 0 Å². The summed E-state index contributed by atoms with van der Waals surface area (Å²) in [5, 5.41) is 16.9. The lowest BCUT2D eigenvalue weighted by Gasteiger charge is -2.12. The quantitative estimate of drug-likeness (QED) is 0.494. The van der Waals surface area contributed by atoms with E-state index in [2.05, 4.69) is 0 Å². The number of hydrogen-bond acceptors (Lipinski definition) is 4. The van der Waals surface area contributed by atoms with E-state index in [-0.39, 0.29) is 11.6 Å². The fourth-order valence-electron chi connectivity index (χ4n) is 3.05. The standard InChI is InChI=1S/C14H16O3.C12H12O3/c1-8-7-9(2)11(4)14(10(8)3)12(15)5-6-13(16)17;1-8-3-4-9(2)10(7-8)11(13)5-6-12(14)15/h5-7H,1-4H3,(H,16,17);3-7H,1-2H3,(H,14,15). The van der Waals surface area contributed by atoms with Crippen LogP contribution in [0, 0.1) is 41.5 Å². The van der Waals surface area contributed by atoms with Crippen LogP contribution in [0.2, 0.25) is 0 Å². The Morgan fingerprint density at radius 1 is 0.625 bits per heavy atom. The van der Waals surface area contributed by atoms with Gasteiger partial charge < -0.3 is 10.2 Å². The van der Waals surface area contributed by atoms with Gasteiger partial charge in [-0.05, 0) is 87.6 Å². The molecule has 0 saturated carbocycles. The Bertz CT molecular complexity index is 1090. The number of aliphatic carboxylic acids is 2. The molecule has 0 fully saturated rings. The second-order valence-corrected chi connectivity index (χ2v) is 7.53. The van der Waals surface area contributed by atoms with Gasteiger partial charge in [-0.15, -0.1) is 0 Å². The van der Waals surface area contributed by atoms with Crippen LogP contribution in [0.1, 0.15) is 54.1 Å². The van der Waals surface area contributed by atoms with Crippen molar-refractivity contribution in [3.63, 3.8) is 0 Å². The maximum atomic E-state index is 11.9. The Labute approximate surface area is 187 Å². The number of aryl methyl sites for hydroxylation is 4. The highest BCUT2D eigenvalue weighted by Crippen LogP contribution is 2.22. The number of carbonyl (C=O) groups is 4. The molecule has 0 spiro atoms. The topological polar surface area (TPSA) is 109 Å². The van der Waals surface area contributed by atoms with E-state index in [0.717, 1.165) is 57.7 Å². The van der Waals surface area contributed by atoms with Crippen molar-refractivity contribution < 1.29 is 29.4 Å². The highest BCUT2D eigenvalue weighted by molar-refractivity contribution is 6.09. The molecule has 0 aliphatic carbocycles. The van der Waals surface area contributed by atoms with Crippen molar-refractivity contribution in [1.82, 2.24) is 0 Å². The fourth-order valence-corrected chi connectivity index (χ4v) is 3.05. The zero-order chi connectivity index (χ0) is 24.6. The molecule has 2 aromatic rings. The molecule has 2 rings (SSSR count). The van der Waals surface area contributed by atoms with E-state index < -0.39 is 11.9 Å². The maximum Gasteiger partial charge on any atom is 0.328 e. The van der Waals surface area contributed by atoms with Gasteiger partial charge in [-0.3, -0.25) is 9.59 Å². The van der Waals surface area contributed by atoms with Crippen LogP contribution in [0.4, 0.5) is 0 Å². The molecule has 0 aliphatic heterocycles. The van der Waals surface area contributed by atoms with E-state index in [1.807, 2.05) is 59.7 Å². The van der Waals surface area contributed by atoms with Crippen molar-refractivity contribution in [2.24, 2.45) is 0 Å². The first-order valence-corrected chi connectivity index (χ1v) is 9.90. The number of ketones is 2. The van der Waals surface area contributed by atoms with Crippen LogP contribution < -0.4 is 0 Å². The van der Waals surface area contributed by atoms with Crippen molar-refractivity contribution in [2.45, 2.75) is 41.5 Å². The van der Waals surface area contributed by atoms with E-state index in [0.29, 0.717) is 11.1 Å². The summed E-state index contributed by atoms with van der Waals surface area (Å²) in [7, 11) is 0. The van der Waals surface area contributed by atoms with Gasteiger partial charge in [-0.25, -0.2) is 9.59 Å². The summed E-state index contributed by atoms with van der Waals surface area (Å²) in [6, 6.07) is 7.54. The van der Waals surface area contributed by atoms with Gasteiger partial charge in [0.2, 0.25) is 0 Å². The average Bonchev–Trinajstić information content (AvgIpc) is 2.71. The molecule has 0 atom stereocenters. The van der Waals surface area contributed by atoms with Crippen molar-refractivity contribution in [1.29, 1.82) is 0 Å². The molecule has 0 unspecified atom stereocenters. The smallest absolute Gasteiger partial charge is 0.328 e. The first-order chi connectivity index (χ1) is 14.8. The average molecular weight is 437 g/mol. The van der Waals surface area contributed by atoms with Crippen LogP contribution in [-0.4, -0.2) is 33.7 Å². The summed E-state index contributed by atoms with van der Waals surface area (Å²) in [6.45, 7) is 11.4. The number of benzene rings is 2. The van der Waals surface area contributed by atoms with Crippen molar-refractivity contribution >= 4 is 23.5 Å². The molecular weight excluding hydrogens is 408 g/mol. The highest BCUT2D eigenvalue weighted by Gasteiger charge is 2.13. The van der Waals surface area contributed by atoms with E-state index in [4.69, 9.17) is 10.2 Å². The lowest BCUT2D eigenvalue weighted by Crippen LogP contribution is -2.06. The number of carboxylic acid groups (broad SMARTS) is 2. The Morgan fingerprint density at radius 3 is 1.56 bits per heavy atom. The maximum absolute atomic E-state index is 11.9. The van der Waals surface area contributed by atoms with Gasteiger partial charge in [0.25, 0.3) is 0 Å². The first-order valence-electron chi connectivity index (χ1n) is 9.90. The molecule has 0 amide bonds. The minimum absolute atomic E-state index is 0.255. The van der Waals surface area contributed by atoms with Gasteiger partial charge in [0.05, 0.1) is 0 Å². The monoisotopic (exact) mass is 436 g/mol. The van der Waals surface area contributed by atoms with Crippen LogP contribution in [0.5, 0.6) is 0 Å². The second kappa shape index (κ2) is 11.6. The molecule has 0 aliphatic rings. The Balaban J connectivity index is 0.000000323. The van der Waals surface area contributed by atoms with Crippen LogP contribution in [-0.2, 0) is 9.59 Å². The lowest BCUT2D eigenvalue weighted by atomic mass is 9.91. The van der Waals surface area contributed by atoms with Crippen LogP contribution in [0.3, 0.4) is 0 Å².